The Kier molecular flexibility index (Phi) is 5.85. The van der Waals surface area contributed by atoms with Gasteiger partial charge in [0.15, 0.2) is 0 Å². The average Bonchev–Trinajstić information content (AvgIpc) is 2.95. The number of nitrogens with one attached hydrogen (secondary N) is 2. The molecule has 6 nitrogen and oxygen atoms in total. The van der Waals surface area contributed by atoms with Crippen molar-refractivity contribution in [1.29, 1.82) is 0 Å². The van der Waals surface area contributed by atoms with Gasteiger partial charge in [-0.2, -0.15) is 18.3 Å². The molecule has 0 radical (unpaired) electrons. The smallest absolute Gasteiger partial charge is 0.366 e. The van der Waals surface area contributed by atoms with Crippen LogP contribution < -0.4 is 10.2 Å². The number of amides is 1. The Morgan fingerprint density at radius 3 is 2.50 bits per heavy atom. The van der Waals surface area contributed by atoms with Gasteiger partial charge in [0.25, 0.3) is 0 Å². The number of alkyl halides is 3. The minimum atomic E-state index is -4.50. The number of carbonyl (C=O) groups is 1. The normalized spacial score (nSPS) is 15.7. The van der Waals surface area contributed by atoms with Crippen LogP contribution in [0.4, 0.5) is 24.5 Å². The molecule has 1 amide bonds. The lowest BCUT2D eigenvalue weighted by Crippen LogP contribution is -2.49. The van der Waals surface area contributed by atoms with Crippen LogP contribution in [0.25, 0.3) is 0 Å². The first-order valence-electron chi connectivity index (χ1n) is 8.80. The van der Waals surface area contributed by atoms with Gasteiger partial charge < -0.3 is 10.2 Å². The topological polar surface area (TPSA) is 64.3 Å². The van der Waals surface area contributed by atoms with E-state index >= 15 is 0 Å². The number of halogens is 4. The summed E-state index contributed by atoms with van der Waals surface area (Å²) in [5, 5.41) is 9.72. The predicted molar refractivity (Wildman–Crippen MR) is 102 cm³/mol. The molecule has 10 heteroatoms. The molecule has 28 heavy (non-hydrogen) atoms. The largest absolute Gasteiger partial charge is 0.416 e. The minimum Gasteiger partial charge on any atom is -0.366 e. The highest BCUT2D eigenvalue weighted by molar-refractivity contribution is 6.33. The fourth-order valence-electron chi connectivity index (χ4n) is 3.33. The predicted octanol–water partition coefficient (Wildman–Crippen LogP) is 3.46. The number of aromatic nitrogens is 2. The van der Waals surface area contributed by atoms with Crippen LogP contribution in [0.5, 0.6) is 0 Å². The number of aromatic amines is 1. The summed E-state index contributed by atoms with van der Waals surface area (Å²) in [5.74, 6) is -0.398. The van der Waals surface area contributed by atoms with Gasteiger partial charge in [-0.3, -0.25) is 14.8 Å². The van der Waals surface area contributed by atoms with Crippen molar-refractivity contribution in [2.24, 2.45) is 0 Å². The molecular formula is C18H21ClF3N5O. The number of nitrogens with zero attached hydrogens (tertiary/aromatic N) is 3. The van der Waals surface area contributed by atoms with Crippen LogP contribution in [-0.4, -0.2) is 53.7 Å². The third-order valence-corrected chi connectivity index (χ3v) is 5.04. The van der Waals surface area contributed by atoms with E-state index in [1.807, 2.05) is 18.7 Å². The Bertz CT molecular complexity index is 840. The number of anilines is 2. The molecule has 1 aromatic carbocycles. The third-order valence-electron chi connectivity index (χ3n) is 4.71. The zero-order valence-electron chi connectivity index (χ0n) is 15.5. The van der Waals surface area contributed by atoms with Gasteiger partial charge in [-0.1, -0.05) is 11.6 Å². The van der Waals surface area contributed by atoms with E-state index < -0.39 is 17.6 Å². The van der Waals surface area contributed by atoms with Crippen LogP contribution in [-0.2, 0) is 11.0 Å². The molecular weight excluding hydrogens is 395 g/mol. The molecule has 0 aliphatic carbocycles. The van der Waals surface area contributed by atoms with Crippen LogP contribution in [0.3, 0.4) is 0 Å². The summed E-state index contributed by atoms with van der Waals surface area (Å²) in [7, 11) is 0. The second kappa shape index (κ2) is 8.00. The number of rotatable bonds is 4. The van der Waals surface area contributed by atoms with Crippen LogP contribution in [0.1, 0.15) is 17.0 Å². The lowest BCUT2D eigenvalue weighted by atomic mass is 10.2. The molecule has 1 saturated heterocycles. The molecule has 0 saturated carbocycles. The maximum absolute atomic E-state index is 12.8. The highest BCUT2D eigenvalue weighted by Crippen LogP contribution is 2.33. The van der Waals surface area contributed by atoms with Crippen molar-refractivity contribution in [2.75, 3.05) is 42.9 Å². The van der Waals surface area contributed by atoms with Gasteiger partial charge >= 0.3 is 6.18 Å². The maximum atomic E-state index is 12.8. The van der Waals surface area contributed by atoms with Crippen molar-refractivity contribution in [3.63, 3.8) is 0 Å². The zero-order valence-corrected chi connectivity index (χ0v) is 16.3. The van der Waals surface area contributed by atoms with Crippen molar-refractivity contribution in [3.8, 4) is 0 Å². The first-order chi connectivity index (χ1) is 13.1. The second-order valence-corrected chi connectivity index (χ2v) is 7.19. The van der Waals surface area contributed by atoms with Gasteiger partial charge in [0.2, 0.25) is 5.91 Å². The highest BCUT2D eigenvalue weighted by atomic mass is 35.5. The van der Waals surface area contributed by atoms with Crippen molar-refractivity contribution in [3.05, 3.63) is 40.2 Å². The summed E-state index contributed by atoms with van der Waals surface area (Å²) in [6.07, 6.45) is -4.50. The quantitative estimate of drug-likeness (QED) is 0.802. The van der Waals surface area contributed by atoms with Gasteiger partial charge in [0.1, 0.15) is 0 Å². The first kappa shape index (κ1) is 20.5. The molecule has 0 bridgehead atoms. The van der Waals surface area contributed by atoms with Crippen molar-refractivity contribution >= 4 is 28.9 Å². The van der Waals surface area contributed by atoms with E-state index in [0.717, 1.165) is 48.4 Å². The number of aryl methyl sites for hydroxylation is 2. The Morgan fingerprint density at radius 2 is 1.93 bits per heavy atom. The number of hydrogen-bond acceptors (Lipinski definition) is 4. The molecule has 3 rings (SSSR count). The molecule has 1 aliphatic heterocycles. The van der Waals surface area contributed by atoms with Gasteiger partial charge in [0, 0.05) is 26.2 Å². The number of carbonyl (C=O) groups excluding carboxylic acids is 1. The van der Waals surface area contributed by atoms with E-state index in [2.05, 4.69) is 20.4 Å². The van der Waals surface area contributed by atoms with Crippen LogP contribution in [0.15, 0.2) is 18.2 Å². The standard InChI is InChI=1S/C18H21ClF3N5O/c1-11-17(12(2)25-24-11)27-7-5-26(6-8-27)10-16(28)23-15-9-13(18(20,21)22)3-4-14(15)19/h3-4,9H,5-8,10H2,1-2H3,(H,23,28)(H,24,25). The van der Waals surface area contributed by atoms with E-state index in [9.17, 15) is 18.0 Å². The van der Waals surface area contributed by atoms with Gasteiger partial charge in [-0.05, 0) is 32.0 Å². The lowest BCUT2D eigenvalue weighted by Gasteiger charge is -2.35. The molecule has 1 fully saturated rings. The number of H-pyrrole nitrogens is 1. The lowest BCUT2D eigenvalue weighted by molar-refractivity contribution is -0.137. The second-order valence-electron chi connectivity index (χ2n) is 6.79. The fourth-order valence-corrected chi connectivity index (χ4v) is 3.50. The molecule has 2 aromatic rings. The number of benzene rings is 1. The Balaban J connectivity index is 1.57. The molecule has 1 aromatic heterocycles. The SMILES string of the molecule is Cc1n[nH]c(C)c1N1CCN(CC(=O)Nc2cc(C(F)(F)F)ccc2Cl)CC1. The monoisotopic (exact) mass is 415 g/mol. The van der Waals surface area contributed by atoms with Gasteiger partial charge in [-0.25, -0.2) is 0 Å². The van der Waals surface area contributed by atoms with E-state index in [-0.39, 0.29) is 17.3 Å². The van der Waals surface area contributed by atoms with E-state index in [1.165, 1.54) is 0 Å². The van der Waals surface area contributed by atoms with Gasteiger partial charge in [-0.15, -0.1) is 0 Å². The van der Waals surface area contributed by atoms with Crippen molar-refractivity contribution in [1.82, 2.24) is 15.1 Å². The van der Waals surface area contributed by atoms with E-state index in [4.69, 9.17) is 11.6 Å². The summed E-state index contributed by atoms with van der Waals surface area (Å²) in [5.41, 5.74) is 2.13. The molecule has 2 N–H and O–H groups in total. The van der Waals surface area contributed by atoms with Crippen molar-refractivity contribution < 1.29 is 18.0 Å². The Hall–Kier alpha value is -2.26. The zero-order chi connectivity index (χ0) is 20.5. The van der Waals surface area contributed by atoms with Crippen LogP contribution in [0.2, 0.25) is 5.02 Å². The van der Waals surface area contributed by atoms with Crippen molar-refractivity contribution in [2.45, 2.75) is 20.0 Å². The summed E-state index contributed by atoms with van der Waals surface area (Å²) < 4.78 is 38.5. The molecule has 0 atom stereocenters. The Morgan fingerprint density at radius 1 is 1.25 bits per heavy atom. The highest BCUT2D eigenvalue weighted by Gasteiger charge is 2.31. The van der Waals surface area contributed by atoms with Gasteiger partial charge in [0.05, 0.1) is 39.9 Å². The van der Waals surface area contributed by atoms with E-state index in [0.29, 0.717) is 13.1 Å². The summed E-state index contributed by atoms with van der Waals surface area (Å²) >= 11 is 5.93. The van der Waals surface area contributed by atoms with E-state index in [1.54, 1.807) is 0 Å². The minimum absolute atomic E-state index is 0.0372. The number of hydrogen-bond donors (Lipinski definition) is 2. The molecule has 0 unspecified atom stereocenters. The molecule has 152 valence electrons. The average molecular weight is 416 g/mol. The van der Waals surface area contributed by atoms with Crippen LogP contribution >= 0.6 is 11.6 Å². The molecule has 2 heterocycles. The third kappa shape index (κ3) is 4.59. The molecule has 1 aliphatic rings. The maximum Gasteiger partial charge on any atom is 0.416 e. The first-order valence-corrected chi connectivity index (χ1v) is 9.18. The summed E-state index contributed by atoms with van der Waals surface area (Å²) in [6, 6.07) is 2.87. The van der Waals surface area contributed by atoms with Crippen LogP contribution in [0, 0.1) is 13.8 Å². The Labute approximate surface area is 165 Å². The number of piperazine rings is 1. The molecule has 0 spiro atoms. The summed E-state index contributed by atoms with van der Waals surface area (Å²) in [6.45, 7) is 6.79. The fraction of sp³-hybridized carbons (Fsp3) is 0.444. The summed E-state index contributed by atoms with van der Waals surface area (Å²) in [4.78, 5) is 16.5.